The second-order valence-corrected chi connectivity index (χ2v) is 5.12. The Kier molecular flexibility index (Phi) is 5.06. The van der Waals surface area contributed by atoms with Crippen molar-refractivity contribution in [2.45, 2.75) is 20.0 Å². The molecule has 0 amide bonds. The molecule has 6 heteroatoms. The number of furan rings is 1. The monoisotopic (exact) mass is 289 g/mol. The Morgan fingerprint density at radius 3 is 2.52 bits per heavy atom. The average molecular weight is 289 g/mol. The van der Waals surface area contributed by atoms with Gasteiger partial charge in [-0.25, -0.2) is 0 Å². The van der Waals surface area contributed by atoms with Gasteiger partial charge in [-0.1, -0.05) is 6.07 Å². The van der Waals surface area contributed by atoms with Gasteiger partial charge in [0.1, 0.15) is 17.3 Å². The zero-order valence-electron chi connectivity index (χ0n) is 12.5. The molecule has 0 aliphatic carbocycles. The van der Waals surface area contributed by atoms with Crippen molar-refractivity contribution in [1.29, 1.82) is 0 Å². The zero-order valence-corrected chi connectivity index (χ0v) is 12.5. The molecule has 2 rings (SSSR count). The van der Waals surface area contributed by atoms with Gasteiger partial charge in [0.25, 0.3) is 0 Å². The van der Waals surface area contributed by atoms with Crippen molar-refractivity contribution >= 4 is 12.6 Å². The first-order chi connectivity index (χ1) is 9.99. The van der Waals surface area contributed by atoms with Gasteiger partial charge in [-0.05, 0) is 49.3 Å². The minimum absolute atomic E-state index is 0.485. The molecule has 0 aliphatic rings. The Labute approximate surface area is 124 Å². The lowest BCUT2D eigenvalue weighted by atomic mass is 9.77. The van der Waals surface area contributed by atoms with Crippen molar-refractivity contribution in [1.82, 2.24) is 4.90 Å². The van der Waals surface area contributed by atoms with Gasteiger partial charge in [-0.3, -0.25) is 4.90 Å². The van der Waals surface area contributed by atoms with E-state index < -0.39 is 7.12 Å². The molecule has 0 unspecified atom stereocenters. The quantitative estimate of drug-likeness (QED) is 0.774. The summed E-state index contributed by atoms with van der Waals surface area (Å²) in [6.07, 6.45) is 0. The number of ether oxygens (including phenoxy) is 1. The van der Waals surface area contributed by atoms with Crippen LogP contribution in [0.25, 0.3) is 0 Å². The third-order valence-electron chi connectivity index (χ3n) is 3.29. The standard InChI is InChI=1S/C15H20BNO4/c1-11-4-5-14(21-11)10-17(2)9-12-8-13(20-3)6-7-15(12)16(18)19/h4-8,18-19H,9-10H2,1-3H3. The lowest BCUT2D eigenvalue weighted by molar-refractivity contribution is 0.285. The van der Waals surface area contributed by atoms with Crippen LogP contribution in [0.5, 0.6) is 5.75 Å². The Morgan fingerprint density at radius 1 is 1.19 bits per heavy atom. The fourth-order valence-electron chi connectivity index (χ4n) is 2.28. The smallest absolute Gasteiger partial charge is 0.488 e. The number of hydrogen-bond acceptors (Lipinski definition) is 5. The number of methoxy groups -OCH3 is 1. The van der Waals surface area contributed by atoms with E-state index in [0.717, 1.165) is 17.1 Å². The zero-order chi connectivity index (χ0) is 15.4. The van der Waals surface area contributed by atoms with E-state index in [0.29, 0.717) is 24.3 Å². The first kappa shape index (κ1) is 15.6. The first-order valence-electron chi connectivity index (χ1n) is 6.76. The third-order valence-corrected chi connectivity index (χ3v) is 3.29. The number of benzene rings is 1. The predicted molar refractivity (Wildman–Crippen MR) is 81.4 cm³/mol. The van der Waals surface area contributed by atoms with E-state index in [1.165, 1.54) is 0 Å². The van der Waals surface area contributed by atoms with Crippen molar-refractivity contribution < 1.29 is 19.2 Å². The van der Waals surface area contributed by atoms with Crippen molar-refractivity contribution in [2.24, 2.45) is 0 Å². The lowest BCUT2D eigenvalue weighted by Gasteiger charge is -2.18. The lowest BCUT2D eigenvalue weighted by Crippen LogP contribution is -2.35. The van der Waals surface area contributed by atoms with E-state index >= 15 is 0 Å². The SMILES string of the molecule is COc1ccc(B(O)O)c(CN(C)Cc2ccc(C)o2)c1. The summed E-state index contributed by atoms with van der Waals surface area (Å²) in [7, 11) is 2.04. The molecule has 0 radical (unpaired) electrons. The highest BCUT2D eigenvalue weighted by Crippen LogP contribution is 2.15. The van der Waals surface area contributed by atoms with Crippen LogP contribution in [0.3, 0.4) is 0 Å². The van der Waals surface area contributed by atoms with Crippen molar-refractivity contribution in [2.75, 3.05) is 14.2 Å². The van der Waals surface area contributed by atoms with Crippen molar-refractivity contribution in [3.05, 3.63) is 47.4 Å². The van der Waals surface area contributed by atoms with Crippen LogP contribution in [0.15, 0.2) is 34.7 Å². The molecule has 1 aromatic heterocycles. The highest BCUT2D eigenvalue weighted by atomic mass is 16.5. The predicted octanol–water partition coefficient (Wildman–Crippen LogP) is 0.908. The van der Waals surface area contributed by atoms with E-state index in [9.17, 15) is 10.0 Å². The van der Waals surface area contributed by atoms with Crippen LogP contribution < -0.4 is 10.2 Å². The molecule has 2 aromatic rings. The van der Waals surface area contributed by atoms with E-state index in [1.54, 1.807) is 19.2 Å². The summed E-state index contributed by atoms with van der Waals surface area (Å²) in [5, 5.41) is 18.9. The Hall–Kier alpha value is -1.76. The van der Waals surface area contributed by atoms with E-state index in [2.05, 4.69) is 0 Å². The minimum Gasteiger partial charge on any atom is -0.497 e. The maximum atomic E-state index is 9.45. The Balaban J connectivity index is 2.13. The molecule has 0 bridgehead atoms. The van der Waals surface area contributed by atoms with Crippen molar-refractivity contribution in [3.63, 3.8) is 0 Å². The fraction of sp³-hybridized carbons (Fsp3) is 0.333. The molecule has 21 heavy (non-hydrogen) atoms. The van der Waals surface area contributed by atoms with Gasteiger partial charge in [-0.15, -0.1) is 0 Å². The largest absolute Gasteiger partial charge is 0.497 e. The molecule has 1 heterocycles. The van der Waals surface area contributed by atoms with Crippen LogP contribution in [-0.4, -0.2) is 36.2 Å². The van der Waals surface area contributed by atoms with E-state index in [4.69, 9.17) is 9.15 Å². The molecule has 2 N–H and O–H groups in total. The second-order valence-electron chi connectivity index (χ2n) is 5.12. The Bertz CT molecular complexity index is 597. The van der Waals surface area contributed by atoms with Gasteiger partial charge in [0.2, 0.25) is 0 Å². The maximum absolute atomic E-state index is 9.45. The second kappa shape index (κ2) is 6.80. The summed E-state index contributed by atoms with van der Waals surface area (Å²) in [5.74, 6) is 2.45. The maximum Gasteiger partial charge on any atom is 0.488 e. The minimum atomic E-state index is -1.50. The van der Waals surface area contributed by atoms with Gasteiger partial charge < -0.3 is 19.2 Å². The molecular weight excluding hydrogens is 269 g/mol. The van der Waals surface area contributed by atoms with Gasteiger partial charge in [-0.2, -0.15) is 0 Å². The molecular formula is C15H20BNO4. The average Bonchev–Trinajstić information content (AvgIpc) is 2.83. The van der Waals surface area contributed by atoms with Crippen LogP contribution in [0.2, 0.25) is 0 Å². The highest BCUT2D eigenvalue weighted by Gasteiger charge is 2.18. The number of aryl methyl sites for hydroxylation is 1. The molecule has 0 saturated heterocycles. The van der Waals surface area contributed by atoms with Crippen molar-refractivity contribution in [3.8, 4) is 5.75 Å². The summed E-state index contributed by atoms with van der Waals surface area (Å²) in [6, 6.07) is 9.08. The normalized spacial score (nSPS) is 11.0. The van der Waals surface area contributed by atoms with E-state index in [-0.39, 0.29) is 0 Å². The molecule has 0 saturated carbocycles. The van der Waals surface area contributed by atoms with Gasteiger partial charge >= 0.3 is 7.12 Å². The number of hydrogen-bond donors (Lipinski definition) is 2. The molecule has 0 atom stereocenters. The van der Waals surface area contributed by atoms with Crippen LogP contribution >= 0.6 is 0 Å². The van der Waals surface area contributed by atoms with Gasteiger partial charge in [0, 0.05) is 6.54 Å². The summed E-state index contributed by atoms with van der Waals surface area (Å²) in [6.45, 7) is 3.11. The molecule has 5 nitrogen and oxygen atoms in total. The number of rotatable bonds is 6. The summed E-state index contributed by atoms with van der Waals surface area (Å²) >= 11 is 0. The highest BCUT2D eigenvalue weighted by molar-refractivity contribution is 6.59. The molecule has 112 valence electrons. The first-order valence-corrected chi connectivity index (χ1v) is 6.76. The third kappa shape index (κ3) is 4.11. The summed E-state index contributed by atoms with van der Waals surface area (Å²) < 4.78 is 10.7. The Morgan fingerprint density at radius 2 is 1.95 bits per heavy atom. The molecule has 1 aromatic carbocycles. The summed E-state index contributed by atoms with van der Waals surface area (Å²) in [4.78, 5) is 2.04. The molecule has 0 aliphatic heterocycles. The fourth-order valence-corrected chi connectivity index (χ4v) is 2.28. The van der Waals surface area contributed by atoms with Crippen LogP contribution in [0.1, 0.15) is 17.1 Å². The van der Waals surface area contributed by atoms with Crippen LogP contribution in [-0.2, 0) is 13.1 Å². The van der Waals surface area contributed by atoms with Crippen LogP contribution in [0, 0.1) is 6.92 Å². The number of nitrogens with zero attached hydrogens (tertiary/aromatic N) is 1. The summed E-state index contributed by atoms with van der Waals surface area (Å²) in [5.41, 5.74) is 1.30. The van der Waals surface area contributed by atoms with Gasteiger partial charge in [0.05, 0.1) is 13.7 Å². The molecule has 0 spiro atoms. The van der Waals surface area contributed by atoms with Crippen LogP contribution in [0.4, 0.5) is 0 Å². The van der Waals surface area contributed by atoms with E-state index in [1.807, 2.05) is 37.1 Å². The molecule has 0 fully saturated rings. The van der Waals surface area contributed by atoms with Gasteiger partial charge in [0.15, 0.2) is 0 Å². The topological polar surface area (TPSA) is 66.1 Å².